The fraction of sp³-hybridized carbons (Fsp3) is 0.406. The quantitative estimate of drug-likeness (QED) is 0.0362. The van der Waals surface area contributed by atoms with Crippen LogP contribution in [0.1, 0.15) is 36.9 Å². The number of phosphoric acid groups is 2. The lowest BCUT2D eigenvalue weighted by molar-refractivity contribution is -0.160. The lowest BCUT2D eigenvalue weighted by Crippen LogP contribution is -2.42. The summed E-state index contributed by atoms with van der Waals surface area (Å²) in [5, 5.41) is 25.4. The average Bonchev–Trinajstić information content (AvgIpc) is 3.84. The number of aliphatic hydroxyl groups is 2. The van der Waals surface area contributed by atoms with Gasteiger partial charge in [-0.2, -0.15) is 4.98 Å². The van der Waals surface area contributed by atoms with E-state index in [0.29, 0.717) is 12.0 Å². The van der Waals surface area contributed by atoms with Gasteiger partial charge in [0, 0.05) is 12.6 Å². The molecule has 2 aliphatic heterocycles. The van der Waals surface area contributed by atoms with E-state index < -0.39 is 102 Å². The number of carbonyl (C=O) groups is 2. The molecule has 0 radical (unpaired) electrons. The number of anilines is 2. The highest BCUT2D eigenvalue weighted by atomic mass is 31.2. The molecule has 2 fully saturated rings. The number of esters is 1. The average molecular weight is 868 g/mol. The minimum absolute atomic E-state index is 0.0114. The molecule has 0 aliphatic carbocycles. The van der Waals surface area contributed by atoms with Gasteiger partial charge in [0.25, 0.3) is 0 Å². The number of ether oxygens (including phenoxy) is 3. The highest BCUT2D eigenvalue weighted by molar-refractivity contribution is 7.47. The maximum Gasteiger partial charge on any atom is 0.472 e. The Kier molecular flexibility index (Phi) is 13.4. The Morgan fingerprint density at radius 3 is 2.29 bits per heavy atom. The van der Waals surface area contributed by atoms with Gasteiger partial charge in [-0.15, -0.1) is 6.58 Å². The first-order valence-electron chi connectivity index (χ1n) is 17.4. The Morgan fingerprint density at radius 2 is 1.61 bits per heavy atom. The number of phosphoric ester groups is 2. The van der Waals surface area contributed by atoms with Crippen molar-refractivity contribution < 1.29 is 71.4 Å². The second kappa shape index (κ2) is 18.1. The number of aliphatic hydroxyl groups excluding tert-OH is 2. The van der Waals surface area contributed by atoms with Crippen LogP contribution in [0, 0.1) is 0 Å². The number of nitrogens with zero attached hydrogens (tertiary/aromatic N) is 6. The molecule has 3 aromatic heterocycles. The van der Waals surface area contributed by atoms with Crippen LogP contribution in [-0.2, 0) is 46.5 Å². The molecule has 10 atom stereocenters. The number of nitrogens with one attached hydrogen (secondary N) is 1. The number of rotatable bonds is 17. The molecule has 10 N–H and O–H groups in total. The van der Waals surface area contributed by atoms with E-state index in [0.717, 1.165) is 17.1 Å². The number of hydrogen-bond donors (Lipinski definition) is 8. The molecule has 2 saturated heterocycles. The number of benzene rings is 1. The molecule has 1 unspecified atom stereocenters. The first-order valence-corrected chi connectivity index (χ1v) is 20.4. The molecule has 5 heterocycles. The number of hydrogen-bond acceptors (Lipinski definition) is 19. The summed E-state index contributed by atoms with van der Waals surface area (Å²) >= 11 is 0. The zero-order valence-corrected chi connectivity index (χ0v) is 32.3. The predicted octanol–water partition coefficient (Wildman–Crippen LogP) is -0.889. The van der Waals surface area contributed by atoms with Gasteiger partial charge in [0.1, 0.15) is 48.2 Å². The number of allylic oxidation sites excluding steroid dienone is 1. The molecule has 25 nitrogen and oxygen atoms in total. The molecule has 0 bridgehead atoms. The summed E-state index contributed by atoms with van der Waals surface area (Å²) in [6, 6.07) is 7.79. The first-order chi connectivity index (χ1) is 28.0. The summed E-state index contributed by atoms with van der Waals surface area (Å²) in [5.41, 5.74) is 11.0. The molecule has 0 spiro atoms. The maximum atomic E-state index is 13.9. The van der Waals surface area contributed by atoms with Gasteiger partial charge in [0.2, 0.25) is 5.91 Å². The predicted molar refractivity (Wildman–Crippen MR) is 198 cm³/mol. The van der Waals surface area contributed by atoms with E-state index in [9.17, 15) is 48.4 Å². The molecular formula is C32H39N9O16P2. The van der Waals surface area contributed by atoms with E-state index >= 15 is 0 Å². The summed E-state index contributed by atoms with van der Waals surface area (Å²) in [6.45, 7) is 1.60. The molecule has 0 saturated carbocycles. The van der Waals surface area contributed by atoms with E-state index in [2.05, 4.69) is 36.4 Å². The maximum absolute atomic E-state index is 13.9. The molecule has 27 heteroatoms. The minimum atomic E-state index is -5.41. The number of nitrogen functional groups attached to an aromatic ring is 2. The van der Waals surface area contributed by atoms with E-state index in [1.165, 1.54) is 23.0 Å². The van der Waals surface area contributed by atoms with Crippen molar-refractivity contribution in [1.82, 2.24) is 34.4 Å². The topological polar surface area (TPSA) is 367 Å². The Morgan fingerprint density at radius 1 is 0.949 bits per heavy atom. The summed E-state index contributed by atoms with van der Waals surface area (Å²) in [6.07, 6.45) is -8.64. The highest BCUT2D eigenvalue weighted by Crippen LogP contribution is 2.50. The molecule has 2 aliphatic rings. The Balaban J connectivity index is 1.26. The third kappa shape index (κ3) is 10.2. The van der Waals surface area contributed by atoms with E-state index in [1.54, 1.807) is 30.3 Å². The van der Waals surface area contributed by atoms with Crippen LogP contribution in [0.2, 0.25) is 0 Å². The summed E-state index contributed by atoms with van der Waals surface area (Å²) in [5.74, 6) is -1.79. The fourth-order valence-electron chi connectivity index (χ4n) is 6.23. The van der Waals surface area contributed by atoms with Crippen molar-refractivity contribution in [2.24, 2.45) is 0 Å². The van der Waals surface area contributed by atoms with Crippen LogP contribution >= 0.6 is 15.6 Å². The minimum Gasteiger partial charge on any atom is -0.455 e. The zero-order chi connectivity index (χ0) is 42.6. The van der Waals surface area contributed by atoms with Crippen LogP contribution in [0.3, 0.4) is 0 Å². The molecule has 1 aromatic carbocycles. The largest absolute Gasteiger partial charge is 0.472 e. The van der Waals surface area contributed by atoms with Crippen molar-refractivity contribution in [2.45, 2.75) is 68.0 Å². The number of carbonyl (C=O) groups excluding carboxylic acids is 2. The highest BCUT2D eigenvalue weighted by Gasteiger charge is 2.52. The van der Waals surface area contributed by atoms with Crippen LogP contribution < -0.4 is 22.5 Å². The third-order valence-corrected chi connectivity index (χ3v) is 10.4. The van der Waals surface area contributed by atoms with E-state index in [1.807, 2.05) is 0 Å². The monoisotopic (exact) mass is 867 g/mol. The molecule has 6 rings (SSSR count). The number of aromatic nitrogens is 6. The van der Waals surface area contributed by atoms with Gasteiger partial charge in [-0.1, -0.05) is 36.4 Å². The van der Waals surface area contributed by atoms with Crippen molar-refractivity contribution >= 4 is 50.3 Å². The van der Waals surface area contributed by atoms with Gasteiger partial charge in [-0.05, 0) is 18.1 Å². The molecule has 318 valence electrons. The normalized spacial score (nSPS) is 26.0. The molecular weight excluding hydrogens is 828 g/mol. The first kappa shape index (κ1) is 43.6. The Bertz CT molecular complexity index is 2310. The molecule has 59 heavy (non-hydrogen) atoms. The van der Waals surface area contributed by atoms with Crippen molar-refractivity contribution in [3.63, 3.8) is 0 Å². The zero-order valence-electron chi connectivity index (χ0n) is 30.5. The summed E-state index contributed by atoms with van der Waals surface area (Å²) in [4.78, 5) is 84.4. The fourth-order valence-corrected chi connectivity index (χ4v) is 7.54. The van der Waals surface area contributed by atoms with Crippen molar-refractivity contribution in [3.8, 4) is 0 Å². The van der Waals surface area contributed by atoms with Crippen LogP contribution in [0.15, 0.2) is 72.7 Å². The van der Waals surface area contributed by atoms with Gasteiger partial charge >= 0.3 is 27.3 Å². The number of imidazole rings is 1. The number of nitrogens with two attached hydrogens (primary N) is 2. The lowest BCUT2D eigenvalue weighted by Gasteiger charge is -2.26. The Labute approximate surface area is 332 Å². The second-order valence-electron chi connectivity index (χ2n) is 13.0. The number of amides is 1. The SMILES string of the molecule is C=CCCC(=O)N[C@@H](C(=O)O[C@H]1[C@@H](O)[C@H](n2cnc3c(N)ncnc32)O[C@H]1COP(=O)(O)O[C@H]1[C@@H](O)[C@H](n2ccc(N)nc2=O)O[C@@H]1COP(=O)(O)O)c1ccccc1. The summed E-state index contributed by atoms with van der Waals surface area (Å²) in [7, 11) is -10.6. The second-order valence-corrected chi connectivity index (χ2v) is 15.6. The number of fused-ring (bicyclic) bond motifs is 1. The Hall–Kier alpha value is -5.01. The van der Waals surface area contributed by atoms with Crippen LogP contribution in [-0.4, -0.2) is 116 Å². The van der Waals surface area contributed by atoms with Gasteiger partial charge in [0.15, 0.2) is 36.1 Å². The molecule has 1 amide bonds. The smallest absolute Gasteiger partial charge is 0.455 e. The van der Waals surface area contributed by atoms with Crippen LogP contribution in [0.4, 0.5) is 11.6 Å². The van der Waals surface area contributed by atoms with Gasteiger partial charge in [0.05, 0.1) is 19.5 Å². The third-order valence-electron chi connectivity index (χ3n) is 8.97. The lowest BCUT2D eigenvalue weighted by atomic mass is 10.1. The molecule has 4 aromatic rings. The van der Waals surface area contributed by atoms with Crippen LogP contribution in [0.25, 0.3) is 11.2 Å². The standard InChI is InChI=1S/C32H39N9O16P2/c1-2-3-9-20(42)39-21(16-7-5-4-6-8-16)31(45)56-25-17(54-30(23(25)43)41-15-37-22-27(34)35-14-36-28(22)41)13-53-59(50,51)57-26-18(12-52-58(47,48)49)55-29(24(26)44)40-11-10-19(33)38-32(40)46/h2,4-8,10-11,14-15,17-18,21,23-26,29-30,43-44H,1,3,9,12-13H2,(H,39,42)(H,50,51)(H2,33,38,46)(H2,34,35,36)(H2,47,48,49)/t17-,18+,21+,23+,24+,25+,26+,29+,30+/m0/s1. The van der Waals surface area contributed by atoms with Crippen molar-refractivity contribution in [1.29, 1.82) is 0 Å². The van der Waals surface area contributed by atoms with Crippen molar-refractivity contribution in [3.05, 3.63) is 84.0 Å². The van der Waals surface area contributed by atoms with Gasteiger partial charge < -0.3 is 55.9 Å². The van der Waals surface area contributed by atoms with E-state index in [-0.39, 0.29) is 29.2 Å². The van der Waals surface area contributed by atoms with Crippen molar-refractivity contribution in [2.75, 3.05) is 24.7 Å². The summed E-state index contributed by atoms with van der Waals surface area (Å²) < 4.78 is 59.4. The van der Waals surface area contributed by atoms with Gasteiger partial charge in [-0.25, -0.2) is 33.7 Å². The van der Waals surface area contributed by atoms with Crippen LogP contribution in [0.5, 0.6) is 0 Å². The van der Waals surface area contributed by atoms with E-state index in [4.69, 9.17) is 34.7 Å². The van der Waals surface area contributed by atoms with Gasteiger partial charge in [-0.3, -0.25) is 27.5 Å².